The van der Waals surface area contributed by atoms with Crippen LogP contribution in [0.15, 0.2) is 36.4 Å². The van der Waals surface area contributed by atoms with Crippen LogP contribution in [0, 0.1) is 9.39 Å². The van der Waals surface area contributed by atoms with E-state index in [2.05, 4.69) is 27.9 Å². The van der Waals surface area contributed by atoms with Gasteiger partial charge in [0.1, 0.15) is 5.82 Å². The Morgan fingerprint density at radius 3 is 2.55 bits per heavy atom. The third-order valence-electron chi connectivity index (χ3n) is 2.88. The lowest BCUT2D eigenvalue weighted by molar-refractivity contribution is 0.102. The monoisotopic (exact) mass is 415 g/mol. The van der Waals surface area contributed by atoms with Crippen LogP contribution < -0.4 is 14.8 Å². The average Bonchev–Trinajstić information content (AvgIpc) is 2.51. The number of benzene rings is 2. The molecule has 0 aliphatic carbocycles. The van der Waals surface area contributed by atoms with Gasteiger partial charge in [0.05, 0.1) is 17.3 Å². The minimum atomic E-state index is -0.352. The molecule has 22 heavy (non-hydrogen) atoms. The van der Waals surface area contributed by atoms with Crippen molar-refractivity contribution in [1.82, 2.24) is 0 Å². The van der Waals surface area contributed by atoms with Crippen molar-refractivity contribution in [2.75, 3.05) is 19.0 Å². The molecule has 0 aliphatic heterocycles. The number of amides is 1. The summed E-state index contributed by atoms with van der Waals surface area (Å²) >= 11 is 2.09. The number of ether oxygens (including phenoxy) is 2. The Kier molecular flexibility index (Phi) is 5.59. The first kappa shape index (κ1) is 16.5. The van der Waals surface area contributed by atoms with E-state index in [1.807, 2.05) is 6.92 Å². The van der Waals surface area contributed by atoms with Crippen molar-refractivity contribution in [2.45, 2.75) is 6.92 Å². The zero-order valence-corrected chi connectivity index (χ0v) is 14.3. The molecule has 0 radical (unpaired) electrons. The largest absolute Gasteiger partial charge is 0.493 e. The average molecular weight is 415 g/mol. The van der Waals surface area contributed by atoms with Crippen molar-refractivity contribution in [2.24, 2.45) is 0 Å². The molecule has 0 atom stereocenters. The number of anilines is 1. The fraction of sp³-hybridized carbons (Fsp3) is 0.188. The molecule has 1 N–H and O–H groups in total. The molecule has 4 nitrogen and oxygen atoms in total. The van der Waals surface area contributed by atoms with E-state index >= 15 is 0 Å². The first-order valence-electron chi connectivity index (χ1n) is 6.62. The number of carbonyl (C=O) groups is 1. The van der Waals surface area contributed by atoms with E-state index in [1.54, 1.807) is 12.1 Å². The van der Waals surface area contributed by atoms with Gasteiger partial charge in [0.25, 0.3) is 5.91 Å². The summed E-state index contributed by atoms with van der Waals surface area (Å²) in [6.45, 7) is 2.39. The number of methoxy groups -OCH3 is 1. The Morgan fingerprint density at radius 1 is 1.27 bits per heavy atom. The topological polar surface area (TPSA) is 47.6 Å². The second-order valence-electron chi connectivity index (χ2n) is 4.38. The van der Waals surface area contributed by atoms with Crippen molar-refractivity contribution in [1.29, 1.82) is 0 Å². The van der Waals surface area contributed by atoms with E-state index in [0.29, 0.717) is 29.4 Å². The minimum Gasteiger partial charge on any atom is -0.493 e. The quantitative estimate of drug-likeness (QED) is 0.749. The molecule has 6 heteroatoms. The second-order valence-corrected chi connectivity index (χ2v) is 5.55. The van der Waals surface area contributed by atoms with Gasteiger partial charge in [-0.25, -0.2) is 4.39 Å². The summed E-state index contributed by atoms with van der Waals surface area (Å²) in [6, 6.07) is 8.92. The van der Waals surface area contributed by atoms with Crippen molar-refractivity contribution >= 4 is 34.2 Å². The zero-order chi connectivity index (χ0) is 16.1. The van der Waals surface area contributed by atoms with Crippen LogP contribution in [-0.4, -0.2) is 19.6 Å². The summed E-state index contributed by atoms with van der Waals surface area (Å²) in [5, 5.41) is 2.71. The van der Waals surface area contributed by atoms with Gasteiger partial charge in [0.15, 0.2) is 11.5 Å². The predicted molar refractivity (Wildman–Crippen MR) is 91.2 cm³/mol. The highest BCUT2D eigenvalue weighted by Gasteiger charge is 2.15. The maximum atomic E-state index is 12.9. The molecule has 0 bridgehead atoms. The molecule has 0 saturated heterocycles. The number of nitrogens with one attached hydrogen (secondary N) is 1. The summed E-state index contributed by atoms with van der Waals surface area (Å²) in [7, 11) is 1.52. The smallest absolute Gasteiger partial charge is 0.255 e. The van der Waals surface area contributed by atoms with Gasteiger partial charge in [-0.15, -0.1) is 0 Å². The summed E-state index contributed by atoms with van der Waals surface area (Å²) < 4.78 is 24.4. The van der Waals surface area contributed by atoms with Crippen LogP contribution in [-0.2, 0) is 0 Å². The van der Waals surface area contributed by atoms with Gasteiger partial charge >= 0.3 is 0 Å². The molecular weight excluding hydrogens is 400 g/mol. The molecule has 0 heterocycles. The van der Waals surface area contributed by atoms with Crippen LogP contribution in [0.5, 0.6) is 11.5 Å². The number of rotatable bonds is 5. The maximum Gasteiger partial charge on any atom is 0.255 e. The third-order valence-corrected chi connectivity index (χ3v) is 3.68. The second kappa shape index (κ2) is 7.44. The lowest BCUT2D eigenvalue weighted by atomic mass is 10.2. The summed E-state index contributed by atoms with van der Waals surface area (Å²) in [6.07, 6.45) is 0. The Bertz CT molecular complexity index is 674. The molecule has 2 rings (SSSR count). The maximum absolute atomic E-state index is 12.9. The van der Waals surface area contributed by atoms with Crippen molar-refractivity contribution in [3.05, 3.63) is 51.3 Å². The van der Waals surface area contributed by atoms with Gasteiger partial charge in [-0.05, 0) is 65.9 Å². The first-order valence-corrected chi connectivity index (χ1v) is 7.70. The SMILES string of the molecule is CCOc1c(I)cc(C(=O)Nc2ccc(F)cc2)cc1OC. The van der Waals surface area contributed by atoms with Crippen LogP contribution in [0.25, 0.3) is 0 Å². The number of hydrogen-bond donors (Lipinski definition) is 1. The van der Waals surface area contributed by atoms with Crippen LogP contribution in [0.2, 0.25) is 0 Å². The minimum absolute atomic E-state index is 0.300. The molecule has 0 aliphatic rings. The predicted octanol–water partition coefficient (Wildman–Crippen LogP) is 4.09. The van der Waals surface area contributed by atoms with E-state index in [9.17, 15) is 9.18 Å². The molecular formula is C16H15FINO3. The molecule has 0 unspecified atom stereocenters. The van der Waals surface area contributed by atoms with Gasteiger partial charge in [-0.1, -0.05) is 0 Å². The van der Waals surface area contributed by atoms with Crippen LogP contribution in [0.1, 0.15) is 17.3 Å². The van der Waals surface area contributed by atoms with E-state index in [1.165, 1.54) is 31.4 Å². The van der Waals surface area contributed by atoms with E-state index in [4.69, 9.17) is 9.47 Å². The lowest BCUT2D eigenvalue weighted by Gasteiger charge is -2.13. The Balaban J connectivity index is 2.26. The molecule has 0 fully saturated rings. The van der Waals surface area contributed by atoms with Gasteiger partial charge in [0.2, 0.25) is 0 Å². The van der Waals surface area contributed by atoms with E-state index in [-0.39, 0.29) is 11.7 Å². The lowest BCUT2D eigenvalue weighted by Crippen LogP contribution is -2.13. The number of halogens is 2. The highest BCUT2D eigenvalue weighted by Crippen LogP contribution is 2.34. The van der Waals surface area contributed by atoms with Crippen LogP contribution >= 0.6 is 22.6 Å². The van der Waals surface area contributed by atoms with Crippen LogP contribution in [0.3, 0.4) is 0 Å². The molecule has 0 aromatic heterocycles. The van der Waals surface area contributed by atoms with Crippen molar-refractivity contribution in [3.63, 3.8) is 0 Å². The highest BCUT2D eigenvalue weighted by atomic mass is 127. The standard InChI is InChI=1S/C16H15FINO3/c1-3-22-15-13(18)8-10(9-14(15)21-2)16(20)19-12-6-4-11(17)5-7-12/h4-9H,3H2,1-2H3,(H,19,20). The number of hydrogen-bond acceptors (Lipinski definition) is 3. The normalized spacial score (nSPS) is 10.2. The molecule has 2 aromatic carbocycles. The summed E-state index contributed by atoms with van der Waals surface area (Å²) in [4.78, 5) is 12.3. The van der Waals surface area contributed by atoms with Crippen LogP contribution in [0.4, 0.5) is 10.1 Å². The Hall–Kier alpha value is -1.83. The fourth-order valence-corrected chi connectivity index (χ4v) is 2.63. The molecule has 1 amide bonds. The first-order chi connectivity index (χ1) is 10.5. The van der Waals surface area contributed by atoms with Crippen molar-refractivity contribution < 1.29 is 18.7 Å². The number of carbonyl (C=O) groups excluding carboxylic acids is 1. The summed E-state index contributed by atoms with van der Waals surface area (Å²) in [5.41, 5.74) is 0.961. The fourth-order valence-electron chi connectivity index (χ4n) is 1.87. The van der Waals surface area contributed by atoms with Crippen molar-refractivity contribution in [3.8, 4) is 11.5 Å². The Labute approximate surface area is 141 Å². The summed E-state index contributed by atoms with van der Waals surface area (Å²) in [5.74, 6) is 0.461. The third kappa shape index (κ3) is 3.88. The molecule has 0 spiro atoms. The zero-order valence-electron chi connectivity index (χ0n) is 12.2. The van der Waals surface area contributed by atoms with Gasteiger partial charge in [-0.2, -0.15) is 0 Å². The van der Waals surface area contributed by atoms with E-state index < -0.39 is 0 Å². The molecule has 0 saturated carbocycles. The van der Waals surface area contributed by atoms with Gasteiger partial charge in [0, 0.05) is 11.3 Å². The highest BCUT2D eigenvalue weighted by molar-refractivity contribution is 14.1. The molecule has 116 valence electrons. The van der Waals surface area contributed by atoms with Gasteiger partial charge < -0.3 is 14.8 Å². The molecule has 2 aromatic rings. The Morgan fingerprint density at radius 2 is 1.95 bits per heavy atom. The van der Waals surface area contributed by atoms with Gasteiger partial charge in [-0.3, -0.25) is 4.79 Å². The van der Waals surface area contributed by atoms with E-state index in [0.717, 1.165) is 3.57 Å².